The van der Waals surface area contributed by atoms with Crippen LogP contribution in [0.25, 0.3) is 11.2 Å². The van der Waals surface area contributed by atoms with Crippen LogP contribution < -0.4 is 9.64 Å². The summed E-state index contributed by atoms with van der Waals surface area (Å²) in [5, 5.41) is 14.5. The summed E-state index contributed by atoms with van der Waals surface area (Å²) < 4.78 is 13.7. The number of allylic oxidation sites excluding steroid dienone is 1. The van der Waals surface area contributed by atoms with Crippen LogP contribution in [0, 0.1) is 11.3 Å². The van der Waals surface area contributed by atoms with Crippen molar-refractivity contribution in [1.29, 1.82) is 5.26 Å². The Kier molecular flexibility index (Phi) is 8.05. The van der Waals surface area contributed by atoms with Crippen molar-refractivity contribution < 1.29 is 14.3 Å². The van der Waals surface area contributed by atoms with Crippen LogP contribution in [0.3, 0.4) is 0 Å². The summed E-state index contributed by atoms with van der Waals surface area (Å²) >= 11 is 0. The van der Waals surface area contributed by atoms with Gasteiger partial charge in [-0.1, -0.05) is 60.7 Å². The summed E-state index contributed by atoms with van der Waals surface area (Å²) in [5.41, 5.74) is 5.92. The first-order chi connectivity index (χ1) is 22.1. The highest BCUT2D eigenvalue weighted by molar-refractivity contribution is 5.84. The first-order valence-corrected chi connectivity index (χ1v) is 15.6. The van der Waals surface area contributed by atoms with Gasteiger partial charge < -0.3 is 24.2 Å². The van der Waals surface area contributed by atoms with Crippen molar-refractivity contribution in [2.75, 3.05) is 44.7 Å². The van der Waals surface area contributed by atoms with Crippen molar-refractivity contribution in [2.24, 2.45) is 0 Å². The number of aromatic nitrogens is 4. The summed E-state index contributed by atoms with van der Waals surface area (Å²) in [5.74, 6) is 0.623. The van der Waals surface area contributed by atoms with E-state index >= 15 is 0 Å². The molecule has 230 valence electrons. The molecule has 0 unspecified atom stereocenters. The van der Waals surface area contributed by atoms with Crippen molar-refractivity contribution >= 4 is 23.1 Å². The second kappa shape index (κ2) is 12.6. The van der Waals surface area contributed by atoms with Crippen LogP contribution in [0.15, 0.2) is 66.9 Å². The number of amides is 1. The van der Waals surface area contributed by atoms with Crippen molar-refractivity contribution in [2.45, 2.75) is 44.4 Å². The Balaban J connectivity index is 1.18. The predicted octanol–water partition coefficient (Wildman–Crippen LogP) is 4.33. The van der Waals surface area contributed by atoms with E-state index < -0.39 is 6.09 Å². The summed E-state index contributed by atoms with van der Waals surface area (Å²) in [6.45, 7) is 3.00. The highest BCUT2D eigenvalue weighted by atomic mass is 16.6. The fourth-order valence-electron chi connectivity index (χ4n) is 6.56. The van der Waals surface area contributed by atoms with Crippen molar-refractivity contribution in [3.8, 4) is 12.1 Å². The van der Waals surface area contributed by atoms with E-state index in [9.17, 15) is 10.1 Å². The molecule has 0 N–H and O–H groups in total. The molecule has 2 saturated heterocycles. The fraction of sp³-hybridized carbons (Fsp3) is 0.382. The summed E-state index contributed by atoms with van der Waals surface area (Å²) in [7, 11) is 2.12. The van der Waals surface area contributed by atoms with E-state index in [-0.39, 0.29) is 25.1 Å². The average Bonchev–Trinajstić information content (AvgIpc) is 3.81. The maximum Gasteiger partial charge on any atom is 0.410 e. The summed E-state index contributed by atoms with van der Waals surface area (Å²) in [6.07, 6.45) is 6.88. The van der Waals surface area contributed by atoms with Gasteiger partial charge in [-0.2, -0.15) is 10.2 Å². The van der Waals surface area contributed by atoms with Crippen LogP contribution in [0.1, 0.15) is 41.6 Å². The third-order valence-corrected chi connectivity index (χ3v) is 9.06. The first kappa shape index (κ1) is 28.8. The molecule has 1 aliphatic carbocycles. The van der Waals surface area contributed by atoms with Gasteiger partial charge in [0.1, 0.15) is 13.2 Å². The molecule has 0 radical (unpaired) electrons. The molecule has 2 aromatic carbocycles. The molecule has 2 atom stereocenters. The summed E-state index contributed by atoms with van der Waals surface area (Å²) in [6, 6.07) is 20.4. The molecule has 45 heavy (non-hydrogen) atoms. The highest BCUT2D eigenvalue weighted by Crippen LogP contribution is 2.34. The number of likely N-dealkylation sites (N-methyl/N-ethyl adjacent to an activating group) is 1. The second-order valence-corrected chi connectivity index (χ2v) is 11.9. The van der Waals surface area contributed by atoms with Gasteiger partial charge in [0.25, 0.3) is 0 Å². The topological polar surface area (TPSA) is 112 Å². The smallest absolute Gasteiger partial charge is 0.410 e. The Morgan fingerprint density at radius 3 is 2.73 bits per heavy atom. The molecular formula is C34H36N8O3. The highest BCUT2D eigenvalue weighted by Gasteiger charge is 2.34. The molecule has 4 heterocycles. The number of hydrogen-bond donors (Lipinski definition) is 0. The molecule has 0 spiro atoms. The van der Waals surface area contributed by atoms with E-state index in [2.05, 4.69) is 47.2 Å². The third kappa shape index (κ3) is 5.81. The number of nitriles is 1. The number of fused-ring (bicyclic) bond motifs is 2. The Morgan fingerprint density at radius 1 is 1.07 bits per heavy atom. The van der Waals surface area contributed by atoms with Crippen LogP contribution in [-0.4, -0.2) is 87.4 Å². The Hall–Kier alpha value is -4.95. The predicted molar refractivity (Wildman–Crippen MR) is 169 cm³/mol. The number of piperazine rings is 1. The minimum atomic E-state index is -0.425. The number of ether oxygens (including phenoxy) is 2. The lowest BCUT2D eigenvalue weighted by molar-refractivity contribution is 0.0768. The van der Waals surface area contributed by atoms with Gasteiger partial charge in [-0.05, 0) is 49.5 Å². The number of nitrogens with zero attached hydrogens (tertiary/aromatic N) is 8. The molecular weight excluding hydrogens is 568 g/mol. The normalized spacial score (nSPS) is 19.8. The first-order valence-electron chi connectivity index (χ1n) is 15.6. The van der Waals surface area contributed by atoms with Crippen LogP contribution in [0.4, 0.5) is 10.6 Å². The minimum Gasteiger partial charge on any atom is -0.461 e. The van der Waals surface area contributed by atoms with Crippen molar-refractivity contribution in [3.63, 3.8) is 0 Å². The number of benzene rings is 2. The number of likely N-dealkylation sites (tertiary alicyclic amines) is 1. The van der Waals surface area contributed by atoms with Gasteiger partial charge in [-0.15, -0.1) is 5.10 Å². The van der Waals surface area contributed by atoms with Gasteiger partial charge in [0.2, 0.25) is 0 Å². The molecule has 2 fully saturated rings. The van der Waals surface area contributed by atoms with Crippen LogP contribution in [0.2, 0.25) is 0 Å². The lowest BCUT2D eigenvalue weighted by Crippen LogP contribution is -2.55. The van der Waals surface area contributed by atoms with Crippen LogP contribution in [-0.2, 0) is 17.8 Å². The van der Waals surface area contributed by atoms with Gasteiger partial charge in [0, 0.05) is 31.2 Å². The maximum atomic E-state index is 13.2. The Bertz CT molecular complexity index is 1760. The number of hydrogen-bond acceptors (Lipinski definition) is 9. The zero-order valence-electron chi connectivity index (χ0n) is 25.4. The van der Waals surface area contributed by atoms with Gasteiger partial charge >= 0.3 is 12.1 Å². The molecule has 7 rings (SSSR count). The lowest BCUT2D eigenvalue weighted by Gasteiger charge is -2.40. The van der Waals surface area contributed by atoms with Crippen molar-refractivity contribution in [1.82, 2.24) is 29.4 Å². The van der Waals surface area contributed by atoms with E-state index in [1.165, 1.54) is 11.1 Å². The van der Waals surface area contributed by atoms with E-state index in [0.717, 1.165) is 42.6 Å². The van der Waals surface area contributed by atoms with Gasteiger partial charge in [-0.3, -0.25) is 0 Å². The zero-order valence-corrected chi connectivity index (χ0v) is 25.4. The number of imidazole rings is 1. The molecule has 2 aliphatic heterocycles. The summed E-state index contributed by atoms with van der Waals surface area (Å²) in [4.78, 5) is 28.9. The molecule has 4 aromatic rings. The largest absolute Gasteiger partial charge is 0.461 e. The molecule has 11 heteroatoms. The maximum absolute atomic E-state index is 13.2. The molecule has 11 nitrogen and oxygen atoms in total. The fourth-order valence-corrected chi connectivity index (χ4v) is 6.56. The van der Waals surface area contributed by atoms with E-state index in [1.54, 1.807) is 4.90 Å². The molecule has 2 aromatic heterocycles. The number of carbonyl (C=O) groups excluding carboxylic acids is 1. The Labute approximate surface area is 262 Å². The monoisotopic (exact) mass is 604 g/mol. The van der Waals surface area contributed by atoms with Crippen molar-refractivity contribution in [3.05, 3.63) is 89.3 Å². The molecule has 3 aliphatic rings. The quantitative estimate of drug-likeness (QED) is 0.290. The standard InChI is InChI=1S/C34H36N8O3/c1-39-17-7-11-27(39)23-44-33-37-32(31-36-20-30(42(31)38-33)29-14-13-25-10-5-6-12-28(25)29)40-18-19-41(26(21-40)15-16-35)34(43)45-22-24-8-3-2-4-9-24/h2-6,8-10,12,14,20,26-27H,7,11,13,15,17-19,21-23H2,1H3/t26-,27-/m0/s1. The molecule has 0 bridgehead atoms. The van der Waals surface area contributed by atoms with E-state index in [4.69, 9.17) is 24.5 Å². The van der Waals surface area contributed by atoms with Crippen LogP contribution in [0.5, 0.6) is 6.01 Å². The van der Waals surface area contributed by atoms with Gasteiger partial charge in [0.05, 0.1) is 30.4 Å². The van der Waals surface area contributed by atoms with Gasteiger partial charge in [-0.25, -0.2) is 14.3 Å². The molecule has 0 saturated carbocycles. The number of anilines is 1. The van der Waals surface area contributed by atoms with E-state index in [1.807, 2.05) is 47.1 Å². The SMILES string of the molecule is CN1CCC[C@H]1COc1nc(N2CCN(C(=O)OCc3ccccc3)[C@@H](CC#N)C2)c2ncc(C3=CCc4ccccc43)n2n1. The minimum absolute atomic E-state index is 0.166. The van der Waals surface area contributed by atoms with E-state index in [0.29, 0.717) is 43.7 Å². The lowest BCUT2D eigenvalue weighted by atomic mass is 10.0. The van der Waals surface area contributed by atoms with Crippen LogP contribution >= 0.6 is 0 Å². The zero-order chi connectivity index (χ0) is 30.8. The Morgan fingerprint density at radius 2 is 1.91 bits per heavy atom. The number of carbonyl (C=O) groups is 1. The third-order valence-electron chi connectivity index (χ3n) is 9.06. The second-order valence-electron chi connectivity index (χ2n) is 11.9. The number of rotatable bonds is 8. The average molecular weight is 605 g/mol. The molecule has 1 amide bonds. The van der Waals surface area contributed by atoms with Gasteiger partial charge in [0.15, 0.2) is 11.5 Å².